The first-order valence-corrected chi connectivity index (χ1v) is 7.48. The fourth-order valence-corrected chi connectivity index (χ4v) is 2.33. The molecule has 0 saturated carbocycles. The highest BCUT2D eigenvalue weighted by molar-refractivity contribution is 4.70. The maximum atomic E-state index is 5.79. The van der Waals surface area contributed by atoms with E-state index < -0.39 is 0 Å². The number of ether oxygens (including phenoxy) is 2. The summed E-state index contributed by atoms with van der Waals surface area (Å²) in [7, 11) is 3.52. The first-order chi connectivity index (χ1) is 9.01. The third kappa shape index (κ3) is 10.3. The number of hydrogen-bond donors (Lipinski definition) is 1. The third-order valence-electron chi connectivity index (χ3n) is 3.52. The van der Waals surface area contributed by atoms with Crippen LogP contribution in [0, 0.1) is 5.92 Å². The molecule has 0 aliphatic carbocycles. The van der Waals surface area contributed by atoms with E-state index in [0.717, 1.165) is 32.7 Å². The Morgan fingerprint density at radius 3 is 2.26 bits per heavy atom. The summed E-state index contributed by atoms with van der Waals surface area (Å²) < 4.78 is 10.5. The topological polar surface area (TPSA) is 47.7 Å². The number of nitrogens with two attached hydrogens (primary N) is 1. The molecule has 0 heterocycles. The second kappa shape index (κ2) is 11.6. The summed E-state index contributed by atoms with van der Waals surface area (Å²) >= 11 is 0. The highest BCUT2D eigenvalue weighted by Gasteiger charge is 2.16. The van der Waals surface area contributed by atoms with Crippen molar-refractivity contribution in [2.24, 2.45) is 11.7 Å². The lowest BCUT2D eigenvalue weighted by Crippen LogP contribution is -2.41. The first-order valence-electron chi connectivity index (χ1n) is 7.48. The maximum Gasteiger partial charge on any atom is 0.0615 e. The van der Waals surface area contributed by atoms with Crippen LogP contribution in [0.3, 0.4) is 0 Å². The first kappa shape index (κ1) is 18.8. The van der Waals surface area contributed by atoms with E-state index in [2.05, 4.69) is 25.7 Å². The van der Waals surface area contributed by atoms with E-state index in [-0.39, 0.29) is 0 Å². The Labute approximate surface area is 119 Å². The molecule has 0 saturated heterocycles. The Morgan fingerprint density at radius 1 is 1.05 bits per heavy atom. The summed E-state index contributed by atoms with van der Waals surface area (Å²) in [6, 6.07) is 0.764. The monoisotopic (exact) mass is 274 g/mol. The van der Waals surface area contributed by atoms with Gasteiger partial charge in [0.05, 0.1) is 13.2 Å². The number of rotatable bonds is 12. The van der Waals surface area contributed by atoms with Gasteiger partial charge >= 0.3 is 0 Å². The van der Waals surface area contributed by atoms with Gasteiger partial charge in [-0.3, -0.25) is 4.90 Å². The number of methoxy groups -OCH3 is 2. The zero-order valence-corrected chi connectivity index (χ0v) is 13.5. The van der Waals surface area contributed by atoms with Crippen molar-refractivity contribution < 1.29 is 9.47 Å². The van der Waals surface area contributed by atoms with Gasteiger partial charge in [-0.05, 0) is 32.6 Å². The summed E-state index contributed by atoms with van der Waals surface area (Å²) in [6.45, 7) is 10.2. The molecule has 19 heavy (non-hydrogen) atoms. The van der Waals surface area contributed by atoms with Crippen molar-refractivity contribution in [1.82, 2.24) is 4.90 Å². The molecule has 0 aromatic rings. The van der Waals surface area contributed by atoms with Crippen LogP contribution < -0.4 is 5.73 Å². The zero-order valence-electron chi connectivity index (χ0n) is 13.5. The van der Waals surface area contributed by atoms with Gasteiger partial charge in [-0.2, -0.15) is 0 Å². The second-order valence-electron chi connectivity index (χ2n) is 5.81. The van der Waals surface area contributed by atoms with Crippen molar-refractivity contribution in [3.63, 3.8) is 0 Å². The van der Waals surface area contributed by atoms with Crippen LogP contribution >= 0.6 is 0 Å². The zero-order chi connectivity index (χ0) is 14.7. The molecule has 0 fully saturated rings. The van der Waals surface area contributed by atoms with E-state index in [1.165, 1.54) is 12.8 Å². The van der Waals surface area contributed by atoms with Gasteiger partial charge < -0.3 is 15.2 Å². The smallest absolute Gasteiger partial charge is 0.0615 e. The standard InChI is InChI=1S/C15H34N2O2/c1-13(7-6-8-14(2)16)11-17(9-10-18-4)15(3)12-19-5/h13-15H,6-12,16H2,1-5H3. The lowest BCUT2D eigenvalue weighted by Gasteiger charge is -2.31. The van der Waals surface area contributed by atoms with E-state index in [9.17, 15) is 0 Å². The molecule has 2 N–H and O–H groups in total. The molecule has 0 radical (unpaired) electrons. The summed E-state index contributed by atoms with van der Waals surface area (Å²) in [4.78, 5) is 2.46. The molecule has 0 aliphatic rings. The van der Waals surface area contributed by atoms with Crippen LogP contribution in [0.15, 0.2) is 0 Å². The minimum absolute atomic E-state index is 0.323. The fraction of sp³-hybridized carbons (Fsp3) is 1.00. The quantitative estimate of drug-likeness (QED) is 0.592. The molecule has 0 aliphatic heterocycles. The van der Waals surface area contributed by atoms with Crippen LogP contribution in [0.4, 0.5) is 0 Å². The fourth-order valence-electron chi connectivity index (χ4n) is 2.33. The van der Waals surface area contributed by atoms with Crippen molar-refractivity contribution in [3.05, 3.63) is 0 Å². The SMILES string of the molecule is COCCN(CC(C)CCCC(C)N)C(C)COC. The summed E-state index contributed by atoms with van der Waals surface area (Å²) in [6.07, 6.45) is 3.58. The van der Waals surface area contributed by atoms with E-state index in [4.69, 9.17) is 15.2 Å². The molecule has 0 rings (SSSR count). The molecule has 3 unspecified atom stereocenters. The van der Waals surface area contributed by atoms with E-state index >= 15 is 0 Å². The Hall–Kier alpha value is -0.160. The molecular weight excluding hydrogens is 240 g/mol. The van der Waals surface area contributed by atoms with Gasteiger partial charge in [0, 0.05) is 39.4 Å². The normalized spacial score (nSPS) is 16.6. The lowest BCUT2D eigenvalue weighted by molar-refractivity contribution is 0.0654. The van der Waals surface area contributed by atoms with Crippen molar-refractivity contribution >= 4 is 0 Å². The molecule has 0 spiro atoms. The number of hydrogen-bond acceptors (Lipinski definition) is 4. The Bertz CT molecular complexity index is 201. The minimum atomic E-state index is 0.323. The van der Waals surface area contributed by atoms with Crippen LogP contribution in [0.5, 0.6) is 0 Å². The van der Waals surface area contributed by atoms with Gasteiger partial charge in [0.25, 0.3) is 0 Å². The van der Waals surface area contributed by atoms with Gasteiger partial charge in [0.15, 0.2) is 0 Å². The lowest BCUT2D eigenvalue weighted by atomic mass is 10.0. The molecule has 4 heteroatoms. The molecule has 0 bridgehead atoms. The largest absolute Gasteiger partial charge is 0.383 e. The van der Waals surface area contributed by atoms with Crippen LogP contribution in [0.25, 0.3) is 0 Å². The van der Waals surface area contributed by atoms with Crippen LogP contribution in [-0.4, -0.2) is 57.5 Å². The van der Waals surface area contributed by atoms with Gasteiger partial charge in [-0.1, -0.05) is 13.3 Å². The van der Waals surface area contributed by atoms with Crippen LogP contribution in [-0.2, 0) is 9.47 Å². The highest BCUT2D eigenvalue weighted by atomic mass is 16.5. The summed E-state index contributed by atoms with van der Waals surface area (Å²) in [5, 5.41) is 0. The minimum Gasteiger partial charge on any atom is -0.383 e. The molecule has 0 aromatic carbocycles. The van der Waals surface area contributed by atoms with E-state index in [1.807, 2.05) is 0 Å². The second-order valence-corrected chi connectivity index (χ2v) is 5.81. The van der Waals surface area contributed by atoms with Crippen molar-refractivity contribution in [2.45, 2.75) is 52.1 Å². The summed E-state index contributed by atoms with van der Waals surface area (Å²) in [5.41, 5.74) is 5.79. The Balaban J connectivity index is 4.06. The van der Waals surface area contributed by atoms with Crippen molar-refractivity contribution in [1.29, 1.82) is 0 Å². The predicted molar refractivity (Wildman–Crippen MR) is 81.5 cm³/mol. The van der Waals surface area contributed by atoms with E-state index in [1.54, 1.807) is 14.2 Å². The highest BCUT2D eigenvalue weighted by Crippen LogP contribution is 2.13. The van der Waals surface area contributed by atoms with Crippen molar-refractivity contribution in [2.75, 3.05) is 40.5 Å². The Morgan fingerprint density at radius 2 is 1.74 bits per heavy atom. The molecular formula is C15H34N2O2. The van der Waals surface area contributed by atoms with Crippen molar-refractivity contribution in [3.8, 4) is 0 Å². The Kier molecular flexibility index (Phi) is 11.6. The van der Waals surface area contributed by atoms with E-state index in [0.29, 0.717) is 18.0 Å². The molecule has 0 amide bonds. The molecule has 0 aromatic heterocycles. The number of nitrogens with zero attached hydrogens (tertiary/aromatic N) is 1. The molecule has 4 nitrogen and oxygen atoms in total. The maximum absolute atomic E-state index is 5.79. The summed E-state index contributed by atoms with van der Waals surface area (Å²) in [5.74, 6) is 0.690. The molecule has 116 valence electrons. The van der Waals surface area contributed by atoms with Gasteiger partial charge in [0.1, 0.15) is 0 Å². The van der Waals surface area contributed by atoms with Crippen LogP contribution in [0.2, 0.25) is 0 Å². The van der Waals surface area contributed by atoms with Gasteiger partial charge in [0.2, 0.25) is 0 Å². The third-order valence-corrected chi connectivity index (χ3v) is 3.52. The average molecular weight is 274 g/mol. The van der Waals surface area contributed by atoms with Gasteiger partial charge in [-0.15, -0.1) is 0 Å². The predicted octanol–water partition coefficient (Wildman–Crippen LogP) is 2.12. The van der Waals surface area contributed by atoms with Gasteiger partial charge in [-0.25, -0.2) is 0 Å². The van der Waals surface area contributed by atoms with Crippen LogP contribution in [0.1, 0.15) is 40.0 Å². The average Bonchev–Trinajstić information content (AvgIpc) is 2.34. The molecule has 3 atom stereocenters.